The van der Waals surface area contributed by atoms with E-state index in [1.807, 2.05) is 20.8 Å². The number of ketones is 1. The number of Topliss-reactive ketones (excluding diaryl/α,β-unsaturated/α-hetero) is 1. The molecule has 1 aliphatic heterocycles. The highest BCUT2D eigenvalue weighted by Gasteiger charge is 2.31. The number of halogens is 3. The maximum absolute atomic E-state index is 13.4. The zero-order valence-electron chi connectivity index (χ0n) is 20.1. The lowest BCUT2D eigenvalue weighted by Gasteiger charge is -2.33. The monoisotopic (exact) mass is 491 g/mol. The molecule has 0 atom stereocenters. The van der Waals surface area contributed by atoms with Crippen LogP contribution in [0.1, 0.15) is 42.3 Å². The van der Waals surface area contributed by atoms with Crippen LogP contribution in [-0.2, 0) is 22.9 Å². The molecule has 35 heavy (non-hydrogen) atoms. The number of nitrogens with zero attached hydrogens (tertiary/aromatic N) is 4. The van der Waals surface area contributed by atoms with Crippen molar-refractivity contribution in [1.29, 1.82) is 5.41 Å². The Balaban J connectivity index is 1.75. The van der Waals surface area contributed by atoms with Gasteiger partial charge in [-0.1, -0.05) is 20.8 Å². The van der Waals surface area contributed by atoms with Gasteiger partial charge in [0.05, 0.1) is 37.2 Å². The average molecular weight is 492 g/mol. The van der Waals surface area contributed by atoms with Crippen LogP contribution in [0.2, 0.25) is 0 Å². The first-order chi connectivity index (χ1) is 16.4. The first-order valence-corrected chi connectivity index (χ1v) is 11.2. The Labute approximate surface area is 200 Å². The number of anilines is 1. The molecule has 0 radical (unpaired) electrons. The van der Waals surface area contributed by atoms with Gasteiger partial charge >= 0.3 is 6.18 Å². The Morgan fingerprint density at radius 1 is 1.20 bits per heavy atom. The van der Waals surface area contributed by atoms with Gasteiger partial charge in [0.15, 0.2) is 12.2 Å². The molecule has 188 valence electrons. The summed E-state index contributed by atoms with van der Waals surface area (Å²) in [5, 5.41) is 12.0. The van der Waals surface area contributed by atoms with Crippen molar-refractivity contribution in [3.63, 3.8) is 0 Å². The van der Waals surface area contributed by atoms with E-state index < -0.39 is 17.4 Å². The number of ether oxygens (including phenoxy) is 2. The summed E-state index contributed by atoms with van der Waals surface area (Å²) in [6, 6.07) is 5.71. The Morgan fingerprint density at radius 2 is 1.89 bits per heavy atom. The van der Waals surface area contributed by atoms with E-state index in [2.05, 4.69) is 10.00 Å². The quantitative estimate of drug-likeness (QED) is 0.438. The highest BCUT2D eigenvalue weighted by molar-refractivity contribution is 5.97. The lowest BCUT2D eigenvalue weighted by atomic mass is 9.84. The van der Waals surface area contributed by atoms with E-state index in [0.717, 1.165) is 27.9 Å². The van der Waals surface area contributed by atoms with Gasteiger partial charge < -0.3 is 24.2 Å². The largest absolute Gasteiger partial charge is 0.494 e. The van der Waals surface area contributed by atoms with Gasteiger partial charge in [0.1, 0.15) is 5.75 Å². The molecular weight excluding hydrogens is 463 g/mol. The molecule has 1 N–H and O–H groups in total. The molecule has 0 unspecified atom stereocenters. The Bertz CT molecular complexity index is 1310. The summed E-state index contributed by atoms with van der Waals surface area (Å²) >= 11 is 0. The number of hydrogen-bond acceptors (Lipinski definition) is 5. The summed E-state index contributed by atoms with van der Waals surface area (Å²) in [7, 11) is 1.61. The van der Waals surface area contributed by atoms with Crippen LogP contribution in [0.25, 0.3) is 5.65 Å². The van der Waals surface area contributed by atoms with Gasteiger partial charge in [-0.3, -0.25) is 4.79 Å². The SMILES string of the molecule is COc1c(N2CCOCC2)cc(C(=O)C[n+]2[n-]c(=N)n3cc(C(F)(F)F)ccc32)cc1C(C)(C)C. The Kier molecular flexibility index (Phi) is 6.39. The summed E-state index contributed by atoms with van der Waals surface area (Å²) in [6.45, 7) is 8.30. The number of hydrogen-bond donors (Lipinski definition) is 1. The molecule has 3 aromatic rings. The van der Waals surface area contributed by atoms with Crippen LogP contribution < -0.4 is 25.0 Å². The van der Waals surface area contributed by atoms with Crippen molar-refractivity contribution < 1.29 is 32.1 Å². The first-order valence-electron chi connectivity index (χ1n) is 11.2. The Morgan fingerprint density at radius 3 is 2.49 bits per heavy atom. The number of nitrogens with one attached hydrogen (secondary N) is 1. The molecule has 3 heterocycles. The number of carbonyl (C=O) groups is 1. The van der Waals surface area contributed by atoms with Gasteiger partial charge in [0, 0.05) is 24.2 Å². The standard InChI is InChI=1S/C24H28F3N5O3/c1-23(2,3)17-11-15(12-18(21(17)34-4)30-7-9-35-10-8-30)19(33)14-32-20-6-5-16(24(25,26)27)13-31(20)22(28)29-32/h5-6,11-13,28H,7-10,14H2,1-4H3. The second-order valence-corrected chi connectivity index (χ2v) is 9.47. The highest BCUT2D eigenvalue weighted by atomic mass is 19.4. The predicted molar refractivity (Wildman–Crippen MR) is 121 cm³/mol. The summed E-state index contributed by atoms with van der Waals surface area (Å²) in [6.07, 6.45) is -3.73. The van der Waals surface area contributed by atoms with E-state index in [1.165, 1.54) is 10.7 Å². The van der Waals surface area contributed by atoms with E-state index in [0.29, 0.717) is 37.6 Å². The fourth-order valence-electron chi connectivity index (χ4n) is 4.18. The molecule has 0 bridgehead atoms. The molecule has 4 rings (SSSR count). The first kappa shape index (κ1) is 24.8. The summed E-state index contributed by atoms with van der Waals surface area (Å²) < 4.78 is 52.8. The molecule has 1 aliphatic rings. The third-order valence-corrected chi connectivity index (χ3v) is 6.01. The molecule has 2 aromatic heterocycles. The topological polar surface area (TPSA) is 85.0 Å². The van der Waals surface area contributed by atoms with Crippen molar-refractivity contribution in [1.82, 2.24) is 9.50 Å². The summed E-state index contributed by atoms with van der Waals surface area (Å²) in [4.78, 5) is 15.5. The zero-order chi connectivity index (χ0) is 25.5. The maximum Gasteiger partial charge on any atom is 0.416 e. The lowest BCUT2D eigenvalue weighted by molar-refractivity contribution is -0.720. The number of methoxy groups -OCH3 is 1. The summed E-state index contributed by atoms with van der Waals surface area (Å²) in [5.74, 6) is 0.418. The minimum absolute atomic E-state index is 0.217. The molecule has 0 amide bonds. The van der Waals surface area contributed by atoms with Crippen LogP contribution in [0.15, 0.2) is 30.5 Å². The maximum atomic E-state index is 13.4. The molecule has 1 fully saturated rings. The molecule has 8 nitrogen and oxygen atoms in total. The van der Waals surface area contributed by atoms with Crippen molar-refractivity contribution >= 4 is 17.1 Å². The third kappa shape index (κ3) is 4.90. The van der Waals surface area contributed by atoms with Crippen molar-refractivity contribution in [2.75, 3.05) is 38.3 Å². The molecule has 0 saturated carbocycles. The van der Waals surface area contributed by atoms with Gasteiger partial charge in [0.2, 0.25) is 5.78 Å². The van der Waals surface area contributed by atoms with E-state index in [4.69, 9.17) is 14.9 Å². The number of rotatable bonds is 5. The minimum atomic E-state index is -4.55. The molecule has 1 saturated heterocycles. The highest BCUT2D eigenvalue weighted by Crippen LogP contribution is 2.40. The van der Waals surface area contributed by atoms with Gasteiger partial charge in [-0.25, -0.2) is 9.78 Å². The van der Waals surface area contributed by atoms with Gasteiger partial charge in [-0.15, -0.1) is 0 Å². The van der Waals surface area contributed by atoms with Crippen LogP contribution in [-0.4, -0.2) is 43.6 Å². The van der Waals surface area contributed by atoms with Crippen LogP contribution in [0, 0.1) is 5.41 Å². The van der Waals surface area contributed by atoms with Crippen molar-refractivity contribution in [3.05, 3.63) is 52.8 Å². The van der Waals surface area contributed by atoms with Crippen molar-refractivity contribution in [3.8, 4) is 5.75 Å². The number of fused-ring (bicyclic) bond motifs is 1. The van der Waals surface area contributed by atoms with Gasteiger partial charge in [0.25, 0.3) is 0 Å². The number of morpholine rings is 1. The predicted octanol–water partition coefficient (Wildman–Crippen LogP) is 2.71. The van der Waals surface area contributed by atoms with E-state index in [9.17, 15) is 18.0 Å². The Hall–Kier alpha value is -3.34. The number of aromatic nitrogens is 3. The van der Waals surface area contributed by atoms with E-state index in [-0.39, 0.29) is 23.4 Å². The van der Waals surface area contributed by atoms with Crippen LogP contribution in [0.3, 0.4) is 0 Å². The molecular formula is C24H28F3N5O3. The number of carbonyl (C=O) groups excluding carboxylic acids is 1. The minimum Gasteiger partial charge on any atom is -0.494 e. The van der Waals surface area contributed by atoms with E-state index >= 15 is 0 Å². The number of alkyl halides is 3. The fraction of sp³-hybridized carbons (Fsp3) is 0.458. The van der Waals surface area contributed by atoms with Gasteiger partial charge in [-0.2, -0.15) is 13.2 Å². The smallest absolute Gasteiger partial charge is 0.416 e. The van der Waals surface area contributed by atoms with E-state index in [1.54, 1.807) is 19.2 Å². The second-order valence-electron chi connectivity index (χ2n) is 9.47. The zero-order valence-corrected chi connectivity index (χ0v) is 20.1. The number of pyridine rings is 1. The lowest BCUT2D eigenvalue weighted by Crippen LogP contribution is -2.43. The molecule has 11 heteroatoms. The van der Waals surface area contributed by atoms with Crippen molar-refractivity contribution in [2.45, 2.75) is 38.9 Å². The van der Waals surface area contributed by atoms with Crippen molar-refractivity contribution in [2.24, 2.45) is 0 Å². The second kappa shape index (κ2) is 9.03. The third-order valence-electron chi connectivity index (χ3n) is 6.01. The van der Waals surface area contributed by atoms with Crippen LogP contribution >= 0.6 is 0 Å². The average Bonchev–Trinajstić information content (AvgIpc) is 3.12. The number of benzene rings is 1. The summed E-state index contributed by atoms with van der Waals surface area (Å²) in [5.41, 5.74) is 0.704. The molecule has 0 aliphatic carbocycles. The van der Waals surface area contributed by atoms with Crippen LogP contribution in [0.4, 0.5) is 18.9 Å². The fourth-order valence-corrected chi connectivity index (χ4v) is 4.18. The van der Waals surface area contributed by atoms with Crippen LogP contribution in [0.5, 0.6) is 5.75 Å². The van der Waals surface area contributed by atoms with Gasteiger partial charge in [-0.05, 0) is 35.9 Å². The normalized spacial score (nSPS) is 15.0. The molecule has 0 spiro atoms. The molecule has 1 aromatic carbocycles.